The minimum Gasteiger partial charge on any atom is -0.399 e. The number of alkyl halides is 3. The van der Waals surface area contributed by atoms with Crippen molar-refractivity contribution in [3.05, 3.63) is 66.5 Å². The summed E-state index contributed by atoms with van der Waals surface area (Å²) < 4.78 is 37.9. The minimum atomic E-state index is -4.34. The van der Waals surface area contributed by atoms with Crippen LogP contribution in [0.25, 0.3) is 11.3 Å². The Morgan fingerprint density at radius 1 is 0.833 bits per heavy atom. The van der Waals surface area contributed by atoms with Crippen LogP contribution in [0.5, 0.6) is 0 Å². The van der Waals surface area contributed by atoms with Crippen LogP contribution in [0, 0.1) is 0 Å². The molecular formula is C17H12F3N3S. The quantitative estimate of drug-likeness (QED) is 0.685. The summed E-state index contributed by atoms with van der Waals surface area (Å²) in [5.41, 5.74) is 7.14. The molecule has 3 rings (SSSR count). The summed E-state index contributed by atoms with van der Waals surface area (Å²) >= 11 is 1.26. The molecule has 2 aromatic carbocycles. The molecule has 0 aliphatic heterocycles. The first kappa shape index (κ1) is 16.3. The molecule has 24 heavy (non-hydrogen) atoms. The van der Waals surface area contributed by atoms with Crippen molar-refractivity contribution < 1.29 is 13.2 Å². The Bertz CT molecular complexity index is 831. The monoisotopic (exact) mass is 347 g/mol. The number of hydrogen-bond acceptors (Lipinski definition) is 4. The average Bonchev–Trinajstić information content (AvgIpc) is 2.56. The Morgan fingerprint density at radius 3 is 2.08 bits per heavy atom. The third-order valence-electron chi connectivity index (χ3n) is 3.24. The van der Waals surface area contributed by atoms with E-state index in [4.69, 9.17) is 5.73 Å². The summed E-state index contributed by atoms with van der Waals surface area (Å²) in [7, 11) is 0. The summed E-state index contributed by atoms with van der Waals surface area (Å²) in [6.07, 6.45) is -1.22. The average molecular weight is 347 g/mol. The molecular weight excluding hydrogens is 335 g/mol. The van der Waals surface area contributed by atoms with E-state index in [9.17, 15) is 13.2 Å². The van der Waals surface area contributed by atoms with Crippen LogP contribution in [-0.2, 0) is 6.18 Å². The zero-order chi connectivity index (χ0) is 17.2. The van der Waals surface area contributed by atoms with Crippen molar-refractivity contribution in [1.82, 2.24) is 9.97 Å². The highest BCUT2D eigenvalue weighted by molar-refractivity contribution is 7.99. The second kappa shape index (κ2) is 6.52. The number of nitrogens with two attached hydrogens (primary N) is 1. The summed E-state index contributed by atoms with van der Waals surface area (Å²) in [5.74, 6) is 0. The number of benzene rings is 2. The number of aromatic nitrogens is 2. The number of halogens is 3. The molecule has 0 amide bonds. The molecule has 1 aromatic heterocycles. The predicted octanol–water partition coefficient (Wildman–Crippen LogP) is 4.90. The number of nitrogen functional groups attached to an aromatic ring is 1. The molecule has 3 aromatic rings. The van der Waals surface area contributed by atoms with Crippen molar-refractivity contribution in [3.63, 3.8) is 0 Å². The van der Waals surface area contributed by atoms with E-state index in [-0.39, 0.29) is 0 Å². The SMILES string of the molecule is Nc1ccc(-c2nccnc2Sc2ccc(C(F)(F)F)cc2)cc1. The lowest BCUT2D eigenvalue weighted by Gasteiger charge is -2.09. The van der Waals surface area contributed by atoms with E-state index in [0.29, 0.717) is 21.3 Å². The van der Waals surface area contributed by atoms with Crippen molar-refractivity contribution in [2.24, 2.45) is 0 Å². The summed E-state index contributed by atoms with van der Waals surface area (Å²) in [6.45, 7) is 0. The van der Waals surface area contributed by atoms with E-state index in [0.717, 1.165) is 17.7 Å². The molecule has 122 valence electrons. The molecule has 0 fully saturated rings. The highest BCUT2D eigenvalue weighted by Gasteiger charge is 2.30. The first-order chi connectivity index (χ1) is 11.4. The number of rotatable bonds is 3. The van der Waals surface area contributed by atoms with E-state index in [1.54, 1.807) is 24.5 Å². The molecule has 7 heteroatoms. The van der Waals surface area contributed by atoms with Crippen LogP contribution in [0.1, 0.15) is 5.56 Å². The maximum absolute atomic E-state index is 12.6. The van der Waals surface area contributed by atoms with Crippen LogP contribution < -0.4 is 5.73 Å². The van der Waals surface area contributed by atoms with Gasteiger partial charge >= 0.3 is 6.18 Å². The maximum atomic E-state index is 12.6. The fourth-order valence-electron chi connectivity index (χ4n) is 2.06. The zero-order valence-electron chi connectivity index (χ0n) is 12.3. The largest absolute Gasteiger partial charge is 0.416 e. The third kappa shape index (κ3) is 3.68. The summed E-state index contributed by atoms with van der Waals surface area (Å²) in [5, 5.41) is 0.613. The zero-order valence-corrected chi connectivity index (χ0v) is 13.1. The predicted molar refractivity (Wildman–Crippen MR) is 87.4 cm³/mol. The molecule has 0 saturated carbocycles. The molecule has 0 unspecified atom stereocenters. The van der Waals surface area contributed by atoms with Crippen LogP contribution in [0.3, 0.4) is 0 Å². The van der Waals surface area contributed by atoms with Crippen molar-refractivity contribution in [3.8, 4) is 11.3 Å². The molecule has 1 heterocycles. The highest BCUT2D eigenvalue weighted by atomic mass is 32.2. The van der Waals surface area contributed by atoms with E-state index in [1.807, 2.05) is 12.1 Å². The van der Waals surface area contributed by atoms with Gasteiger partial charge in [-0.1, -0.05) is 23.9 Å². The van der Waals surface area contributed by atoms with Gasteiger partial charge in [-0.25, -0.2) is 4.98 Å². The van der Waals surface area contributed by atoms with Crippen LogP contribution in [0.15, 0.2) is 70.8 Å². The molecule has 3 nitrogen and oxygen atoms in total. The smallest absolute Gasteiger partial charge is 0.399 e. The van der Waals surface area contributed by atoms with Crippen molar-refractivity contribution in [2.75, 3.05) is 5.73 Å². The molecule has 0 aliphatic carbocycles. The fraction of sp³-hybridized carbons (Fsp3) is 0.0588. The third-order valence-corrected chi connectivity index (χ3v) is 4.24. The normalized spacial score (nSPS) is 11.5. The first-order valence-electron chi connectivity index (χ1n) is 6.95. The van der Waals surface area contributed by atoms with Gasteiger partial charge in [-0.05, 0) is 36.4 Å². The van der Waals surface area contributed by atoms with Gasteiger partial charge in [0.25, 0.3) is 0 Å². The lowest BCUT2D eigenvalue weighted by molar-refractivity contribution is -0.137. The van der Waals surface area contributed by atoms with Crippen LogP contribution in [0.2, 0.25) is 0 Å². The van der Waals surface area contributed by atoms with E-state index < -0.39 is 11.7 Å². The maximum Gasteiger partial charge on any atom is 0.416 e. The van der Waals surface area contributed by atoms with Gasteiger partial charge in [-0.15, -0.1) is 0 Å². The molecule has 0 atom stereocenters. The lowest BCUT2D eigenvalue weighted by atomic mass is 10.1. The van der Waals surface area contributed by atoms with E-state index >= 15 is 0 Å². The van der Waals surface area contributed by atoms with Gasteiger partial charge < -0.3 is 5.73 Å². The topological polar surface area (TPSA) is 51.8 Å². The van der Waals surface area contributed by atoms with Gasteiger partial charge in [0.2, 0.25) is 0 Å². The molecule has 0 radical (unpaired) electrons. The summed E-state index contributed by atoms with van der Waals surface area (Å²) in [4.78, 5) is 9.27. The van der Waals surface area contributed by atoms with Gasteiger partial charge in [-0.3, -0.25) is 4.98 Å². The number of nitrogens with zero attached hydrogens (tertiary/aromatic N) is 2. The van der Waals surface area contributed by atoms with Crippen LogP contribution in [0.4, 0.5) is 18.9 Å². The van der Waals surface area contributed by atoms with E-state index in [2.05, 4.69) is 9.97 Å². The van der Waals surface area contributed by atoms with E-state index in [1.165, 1.54) is 23.9 Å². The molecule has 0 aliphatic rings. The Kier molecular flexibility index (Phi) is 4.44. The Morgan fingerprint density at radius 2 is 1.46 bits per heavy atom. The van der Waals surface area contributed by atoms with Gasteiger partial charge in [0.15, 0.2) is 0 Å². The molecule has 2 N–H and O–H groups in total. The van der Waals surface area contributed by atoms with Gasteiger partial charge in [0.1, 0.15) is 10.7 Å². The standard InChI is InChI=1S/C17H12F3N3S/c18-17(19,20)12-3-7-14(8-4-12)24-16-15(22-9-10-23-16)11-1-5-13(21)6-2-11/h1-10H,21H2. The van der Waals surface area contributed by atoms with Crippen LogP contribution >= 0.6 is 11.8 Å². The van der Waals surface area contributed by atoms with Crippen molar-refractivity contribution >= 4 is 17.4 Å². The molecule has 0 spiro atoms. The Balaban J connectivity index is 1.89. The van der Waals surface area contributed by atoms with Crippen molar-refractivity contribution in [2.45, 2.75) is 16.1 Å². The number of hydrogen-bond donors (Lipinski definition) is 1. The second-order valence-corrected chi connectivity index (χ2v) is 6.02. The Labute approximate surface area is 140 Å². The number of anilines is 1. The van der Waals surface area contributed by atoms with Gasteiger partial charge in [-0.2, -0.15) is 13.2 Å². The summed E-state index contributed by atoms with van der Waals surface area (Å²) in [6, 6.07) is 12.1. The molecule has 0 bridgehead atoms. The highest BCUT2D eigenvalue weighted by Crippen LogP contribution is 2.35. The minimum absolute atomic E-state index is 0.613. The van der Waals surface area contributed by atoms with Gasteiger partial charge in [0, 0.05) is 28.5 Å². The first-order valence-corrected chi connectivity index (χ1v) is 7.77. The molecule has 0 saturated heterocycles. The lowest BCUT2D eigenvalue weighted by Crippen LogP contribution is -2.03. The van der Waals surface area contributed by atoms with Crippen molar-refractivity contribution in [1.29, 1.82) is 0 Å². The van der Waals surface area contributed by atoms with Crippen LogP contribution in [-0.4, -0.2) is 9.97 Å². The Hall–Kier alpha value is -2.54. The fourth-order valence-corrected chi connectivity index (χ4v) is 2.94. The second-order valence-electron chi connectivity index (χ2n) is 4.96. The van der Waals surface area contributed by atoms with Gasteiger partial charge in [0.05, 0.1) is 5.56 Å².